The first kappa shape index (κ1) is 16.6. The number of methoxy groups -OCH3 is 2. The molecule has 0 aliphatic rings. The van der Waals surface area contributed by atoms with Crippen LogP contribution in [0.3, 0.4) is 0 Å². The Kier molecular flexibility index (Phi) is 5.43. The molecule has 2 aromatic carbocycles. The van der Waals surface area contributed by atoms with E-state index in [2.05, 4.69) is 10.5 Å². The van der Waals surface area contributed by atoms with Crippen molar-refractivity contribution in [1.29, 1.82) is 0 Å². The molecule has 120 valence electrons. The van der Waals surface area contributed by atoms with E-state index in [4.69, 9.17) is 26.2 Å². The number of hydrogen-bond acceptors (Lipinski definition) is 5. The molecule has 0 spiro atoms. The lowest BCUT2D eigenvalue weighted by molar-refractivity contribution is 0.0698. The summed E-state index contributed by atoms with van der Waals surface area (Å²) in [4.78, 5) is 11.1. The number of aromatic carboxylic acids is 1. The van der Waals surface area contributed by atoms with Gasteiger partial charge in [0, 0.05) is 0 Å². The van der Waals surface area contributed by atoms with Crippen molar-refractivity contribution in [2.75, 3.05) is 19.6 Å². The van der Waals surface area contributed by atoms with Gasteiger partial charge in [-0.05, 0) is 29.8 Å². The SMILES string of the molecule is COc1cc(/C=N/Nc2ccccc2C(=O)O)cc(Cl)c1OC. The molecule has 0 unspecified atom stereocenters. The minimum Gasteiger partial charge on any atom is -0.493 e. The van der Waals surface area contributed by atoms with Crippen molar-refractivity contribution in [3.8, 4) is 11.5 Å². The van der Waals surface area contributed by atoms with Crippen LogP contribution in [0.1, 0.15) is 15.9 Å². The standard InChI is InChI=1S/C16H15ClN2O4/c1-22-14-8-10(7-12(17)15(14)23-2)9-18-19-13-6-4-3-5-11(13)16(20)21/h3-9,19H,1-2H3,(H,20,21)/b18-9+. The van der Waals surface area contributed by atoms with Crippen molar-refractivity contribution in [1.82, 2.24) is 0 Å². The lowest BCUT2D eigenvalue weighted by Gasteiger charge is -2.10. The van der Waals surface area contributed by atoms with Gasteiger partial charge >= 0.3 is 5.97 Å². The van der Waals surface area contributed by atoms with E-state index in [0.29, 0.717) is 27.8 Å². The third-order valence-corrected chi connectivity index (χ3v) is 3.29. The average molecular weight is 335 g/mol. The van der Waals surface area contributed by atoms with Crippen molar-refractivity contribution >= 4 is 29.5 Å². The first-order valence-electron chi connectivity index (χ1n) is 6.59. The molecular formula is C16H15ClN2O4. The van der Waals surface area contributed by atoms with Crippen LogP contribution in [-0.2, 0) is 0 Å². The second kappa shape index (κ2) is 7.51. The van der Waals surface area contributed by atoms with Crippen molar-refractivity contribution in [2.45, 2.75) is 0 Å². The van der Waals surface area contributed by atoms with Crippen LogP contribution in [0.15, 0.2) is 41.5 Å². The van der Waals surface area contributed by atoms with Gasteiger partial charge in [-0.2, -0.15) is 5.10 Å². The molecule has 0 aromatic heterocycles. The lowest BCUT2D eigenvalue weighted by Crippen LogP contribution is -2.02. The van der Waals surface area contributed by atoms with Crippen molar-refractivity contribution in [3.05, 3.63) is 52.5 Å². The second-order valence-electron chi connectivity index (χ2n) is 4.46. The summed E-state index contributed by atoms with van der Waals surface area (Å²) in [5, 5.41) is 13.5. The molecule has 7 heteroatoms. The number of nitrogens with one attached hydrogen (secondary N) is 1. The zero-order valence-corrected chi connectivity index (χ0v) is 13.3. The Hall–Kier alpha value is -2.73. The number of halogens is 1. The minimum atomic E-state index is -1.03. The molecule has 0 saturated heterocycles. The van der Waals surface area contributed by atoms with E-state index in [1.54, 1.807) is 30.3 Å². The fourth-order valence-corrected chi connectivity index (χ4v) is 2.25. The summed E-state index contributed by atoms with van der Waals surface area (Å²) >= 11 is 6.11. The molecule has 2 N–H and O–H groups in total. The van der Waals surface area contributed by atoms with Crippen LogP contribution in [0.4, 0.5) is 5.69 Å². The number of anilines is 1. The smallest absolute Gasteiger partial charge is 0.337 e. The highest BCUT2D eigenvalue weighted by Crippen LogP contribution is 2.35. The quantitative estimate of drug-likeness (QED) is 0.624. The number of carbonyl (C=O) groups is 1. The summed E-state index contributed by atoms with van der Waals surface area (Å²) < 4.78 is 10.4. The lowest BCUT2D eigenvalue weighted by atomic mass is 10.2. The van der Waals surface area contributed by atoms with Gasteiger partial charge in [-0.25, -0.2) is 4.79 Å². The van der Waals surface area contributed by atoms with E-state index in [0.717, 1.165) is 0 Å². The van der Waals surface area contributed by atoms with E-state index >= 15 is 0 Å². The molecule has 0 aliphatic heterocycles. The van der Waals surface area contributed by atoms with Gasteiger partial charge in [0.15, 0.2) is 11.5 Å². The van der Waals surface area contributed by atoms with Gasteiger partial charge in [0.1, 0.15) is 0 Å². The number of carboxylic acid groups (broad SMARTS) is 1. The molecule has 0 aliphatic carbocycles. The third kappa shape index (κ3) is 3.92. The summed E-state index contributed by atoms with van der Waals surface area (Å²) in [5.74, 6) is -0.111. The van der Waals surface area contributed by atoms with E-state index in [1.807, 2.05) is 0 Å². The maximum Gasteiger partial charge on any atom is 0.337 e. The molecule has 0 radical (unpaired) electrons. The number of benzene rings is 2. The molecule has 2 aromatic rings. The first-order chi connectivity index (χ1) is 11.1. The number of hydrogen-bond donors (Lipinski definition) is 2. The van der Waals surface area contributed by atoms with Gasteiger partial charge in [0.05, 0.1) is 36.7 Å². The molecule has 0 saturated carbocycles. The molecule has 0 bridgehead atoms. The topological polar surface area (TPSA) is 80.2 Å². The summed E-state index contributed by atoms with van der Waals surface area (Å²) in [6.45, 7) is 0. The molecule has 23 heavy (non-hydrogen) atoms. The van der Waals surface area contributed by atoms with Gasteiger partial charge in [0.2, 0.25) is 0 Å². The highest BCUT2D eigenvalue weighted by Gasteiger charge is 2.10. The van der Waals surface area contributed by atoms with Crippen molar-refractivity contribution in [3.63, 3.8) is 0 Å². The van der Waals surface area contributed by atoms with Crippen LogP contribution in [0, 0.1) is 0 Å². The molecule has 0 atom stereocenters. The van der Waals surface area contributed by atoms with Crippen molar-refractivity contribution < 1.29 is 19.4 Å². The number of para-hydroxylation sites is 1. The normalized spacial score (nSPS) is 10.6. The maximum atomic E-state index is 11.1. The number of rotatable bonds is 6. The first-order valence-corrected chi connectivity index (χ1v) is 6.97. The highest BCUT2D eigenvalue weighted by atomic mass is 35.5. The fraction of sp³-hybridized carbons (Fsp3) is 0.125. The molecular weight excluding hydrogens is 320 g/mol. The summed E-state index contributed by atoms with van der Waals surface area (Å²) in [5.41, 5.74) is 3.90. The number of hydrazone groups is 1. The van der Waals surface area contributed by atoms with Crippen LogP contribution in [0.5, 0.6) is 11.5 Å². The third-order valence-electron chi connectivity index (χ3n) is 3.01. The predicted molar refractivity (Wildman–Crippen MR) is 89.2 cm³/mol. The van der Waals surface area contributed by atoms with Crippen LogP contribution in [0.25, 0.3) is 0 Å². The molecule has 0 fully saturated rings. The zero-order chi connectivity index (χ0) is 16.8. The Morgan fingerprint density at radius 3 is 2.65 bits per heavy atom. The van der Waals surface area contributed by atoms with Gasteiger partial charge in [-0.3, -0.25) is 5.43 Å². The summed E-state index contributed by atoms with van der Waals surface area (Å²) in [6.07, 6.45) is 1.51. The van der Waals surface area contributed by atoms with Crippen molar-refractivity contribution in [2.24, 2.45) is 5.10 Å². The van der Waals surface area contributed by atoms with Gasteiger partial charge in [0.25, 0.3) is 0 Å². The van der Waals surface area contributed by atoms with E-state index in [-0.39, 0.29) is 5.56 Å². The van der Waals surface area contributed by atoms with E-state index in [9.17, 15) is 4.79 Å². The van der Waals surface area contributed by atoms with Crippen LogP contribution >= 0.6 is 11.6 Å². The second-order valence-corrected chi connectivity index (χ2v) is 4.87. The van der Waals surface area contributed by atoms with Crippen LogP contribution < -0.4 is 14.9 Å². The van der Waals surface area contributed by atoms with Gasteiger partial charge < -0.3 is 14.6 Å². The van der Waals surface area contributed by atoms with Crippen LogP contribution in [0.2, 0.25) is 5.02 Å². The molecule has 6 nitrogen and oxygen atoms in total. The monoisotopic (exact) mass is 334 g/mol. The largest absolute Gasteiger partial charge is 0.493 e. The summed E-state index contributed by atoms with van der Waals surface area (Å²) in [7, 11) is 3.01. The van der Waals surface area contributed by atoms with E-state index < -0.39 is 5.97 Å². The molecule has 0 heterocycles. The molecule has 0 amide bonds. The maximum absolute atomic E-state index is 11.1. The Morgan fingerprint density at radius 2 is 2.00 bits per heavy atom. The van der Waals surface area contributed by atoms with Gasteiger partial charge in [-0.15, -0.1) is 0 Å². The zero-order valence-electron chi connectivity index (χ0n) is 12.5. The predicted octanol–water partition coefficient (Wildman–Crippen LogP) is 3.50. The minimum absolute atomic E-state index is 0.134. The Morgan fingerprint density at radius 1 is 1.26 bits per heavy atom. The summed E-state index contributed by atoms with van der Waals surface area (Å²) in [6, 6.07) is 9.86. The number of nitrogens with zero attached hydrogens (tertiary/aromatic N) is 1. The average Bonchev–Trinajstić information content (AvgIpc) is 2.54. The Bertz CT molecular complexity index is 747. The Balaban J connectivity index is 2.22. The molecule has 2 rings (SSSR count). The van der Waals surface area contributed by atoms with Crippen LogP contribution in [-0.4, -0.2) is 31.5 Å². The number of ether oxygens (including phenoxy) is 2. The number of carboxylic acids is 1. The van der Waals surface area contributed by atoms with E-state index in [1.165, 1.54) is 26.5 Å². The van der Waals surface area contributed by atoms with Gasteiger partial charge in [-0.1, -0.05) is 23.7 Å². The Labute approximate surface area is 138 Å². The fourth-order valence-electron chi connectivity index (χ4n) is 1.96. The highest BCUT2D eigenvalue weighted by molar-refractivity contribution is 6.32.